The van der Waals surface area contributed by atoms with Gasteiger partial charge in [-0.05, 0) is 33.2 Å². The van der Waals surface area contributed by atoms with Crippen molar-refractivity contribution >= 4 is 6.47 Å². The predicted molar refractivity (Wildman–Crippen MR) is 119 cm³/mol. The summed E-state index contributed by atoms with van der Waals surface area (Å²) in [7, 11) is 1.62. The van der Waals surface area contributed by atoms with E-state index in [1.807, 2.05) is 0 Å². The first-order valence-electron chi connectivity index (χ1n) is 11.4. The zero-order valence-corrected chi connectivity index (χ0v) is 19.6. The lowest BCUT2D eigenvalue weighted by atomic mass is 9.84. The van der Waals surface area contributed by atoms with Crippen LogP contribution >= 0.6 is 0 Å². The molecule has 0 aromatic heterocycles. The molecular weight excluding hydrogens is 454 g/mol. The normalized spacial score (nSPS) is 47.4. The fourth-order valence-corrected chi connectivity index (χ4v) is 4.69. The summed E-state index contributed by atoms with van der Waals surface area (Å²) in [5, 5.41) is 41.8. The van der Waals surface area contributed by atoms with E-state index in [9.17, 15) is 15.3 Å². The number of carboxylic acid groups (broad SMARTS) is 1. The quantitative estimate of drug-likeness (QED) is 0.158. The maximum absolute atomic E-state index is 11.0. The number of nitrogens with one attached hydrogen (secondary N) is 1. The van der Waals surface area contributed by atoms with Gasteiger partial charge in [-0.2, -0.15) is 0 Å². The van der Waals surface area contributed by atoms with Crippen LogP contribution in [0.25, 0.3) is 0 Å². The summed E-state index contributed by atoms with van der Waals surface area (Å²) < 4.78 is 23.3. The summed E-state index contributed by atoms with van der Waals surface area (Å²) in [6.07, 6.45) is -4.48. The Balaban J connectivity index is 0.00000129. The lowest BCUT2D eigenvalue weighted by molar-refractivity contribution is -0.306. The molecule has 0 spiro atoms. The molecule has 3 aliphatic rings. The highest BCUT2D eigenvalue weighted by atomic mass is 16.7. The summed E-state index contributed by atoms with van der Waals surface area (Å²) >= 11 is 0. The predicted octanol–water partition coefficient (Wildman–Crippen LogP) is -4.28. The van der Waals surface area contributed by atoms with E-state index in [1.165, 1.54) is 0 Å². The molecule has 0 aromatic rings. The van der Waals surface area contributed by atoms with Gasteiger partial charge in [-0.25, -0.2) is 0 Å². The highest BCUT2D eigenvalue weighted by molar-refractivity contribution is 5.32. The van der Waals surface area contributed by atoms with Crippen LogP contribution in [0.5, 0.6) is 0 Å². The maximum Gasteiger partial charge on any atom is 0.290 e. The highest BCUT2D eigenvalue weighted by Gasteiger charge is 2.50. The lowest BCUT2D eigenvalue weighted by Crippen LogP contribution is -2.68. The van der Waals surface area contributed by atoms with E-state index in [0.29, 0.717) is 19.4 Å². The van der Waals surface area contributed by atoms with Crippen LogP contribution in [-0.2, 0) is 23.7 Å². The first-order chi connectivity index (χ1) is 16.0. The molecule has 14 heteroatoms. The Labute approximate surface area is 198 Å². The van der Waals surface area contributed by atoms with Gasteiger partial charge in [0.15, 0.2) is 12.6 Å². The largest absolute Gasteiger partial charge is 0.483 e. The minimum Gasteiger partial charge on any atom is -0.483 e. The molecule has 12 atom stereocenters. The Morgan fingerprint density at radius 3 is 2.15 bits per heavy atom. The second kappa shape index (κ2) is 12.8. The standard InChI is InChI=1S/C19H39N5O7.CH2O2/c1-19(27)7-28-18(13(26)16(19)24-2)31-15-11(23)5-10(22)14(12(15)25)30-17-9(21)4-3-8(6-20)29-17;2-1-3/h8-18,24-27H,3-7,20-23H2,1-2H3;1H,(H,2,3)/t8-,9+,10-,11+,12+,13-,14+,15-,16+,17-,18+,19-;/m0./s1. The number of aliphatic hydroxyl groups excluding tert-OH is 2. The molecule has 200 valence electrons. The number of hydrogen-bond acceptors (Lipinski definition) is 13. The first kappa shape index (κ1) is 29.2. The lowest BCUT2D eigenvalue weighted by Gasteiger charge is -2.48. The molecule has 34 heavy (non-hydrogen) atoms. The molecule has 0 aromatic carbocycles. The molecule has 0 unspecified atom stereocenters. The molecule has 1 aliphatic carbocycles. The Morgan fingerprint density at radius 1 is 1.06 bits per heavy atom. The summed E-state index contributed by atoms with van der Waals surface area (Å²) in [6, 6.07) is -2.26. The molecule has 2 saturated heterocycles. The van der Waals surface area contributed by atoms with Crippen LogP contribution in [0.3, 0.4) is 0 Å². The highest BCUT2D eigenvalue weighted by Crippen LogP contribution is 2.31. The molecule has 1 saturated carbocycles. The van der Waals surface area contributed by atoms with Gasteiger partial charge in [-0.3, -0.25) is 4.79 Å². The summed E-state index contributed by atoms with van der Waals surface area (Å²) in [4.78, 5) is 8.36. The first-order valence-corrected chi connectivity index (χ1v) is 11.4. The Kier molecular flexibility index (Phi) is 11.0. The van der Waals surface area contributed by atoms with Gasteiger partial charge in [0.05, 0.1) is 24.8 Å². The van der Waals surface area contributed by atoms with Crippen molar-refractivity contribution in [3.05, 3.63) is 0 Å². The van der Waals surface area contributed by atoms with Crippen LogP contribution in [0.1, 0.15) is 26.2 Å². The molecule has 3 rings (SSSR count). The van der Waals surface area contributed by atoms with Crippen LogP contribution in [-0.4, -0.2) is 120 Å². The number of likely N-dealkylation sites (N-methyl/N-ethyl adjacent to an activating group) is 1. The van der Waals surface area contributed by atoms with Gasteiger partial charge >= 0.3 is 0 Å². The fourth-order valence-electron chi connectivity index (χ4n) is 4.69. The van der Waals surface area contributed by atoms with Crippen molar-refractivity contribution < 1.29 is 44.2 Å². The topological polar surface area (TPSA) is 251 Å². The molecule has 0 amide bonds. The van der Waals surface area contributed by atoms with Crippen molar-refractivity contribution in [1.29, 1.82) is 0 Å². The van der Waals surface area contributed by atoms with Crippen molar-refractivity contribution in [2.45, 2.75) is 99.1 Å². The third kappa shape index (κ3) is 6.81. The molecule has 13 N–H and O–H groups in total. The van der Waals surface area contributed by atoms with Crippen LogP contribution in [0, 0.1) is 0 Å². The molecule has 14 nitrogen and oxygen atoms in total. The molecule has 0 bridgehead atoms. The maximum atomic E-state index is 11.0. The van der Waals surface area contributed by atoms with Gasteiger partial charge in [-0.1, -0.05) is 0 Å². The van der Waals surface area contributed by atoms with E-state index in [2.05, 4.69) is 5.32 Å². The van der Waals surface area contributed by atoms with Gasteiger partial charge in [0.2, 0.25) is 0 Å². The second-order valence-electron chi connectivity index (χ2n) is 9.26. The van der Waals surface area contributed by atoms with Crippen molar-refractivity contribution in [3.8, 4) is 0 Å². The second-order valence-corrected chi connectivity index (χ2v) is 9.26. The van der Waals surface area contributed by atoms with Gasteiger partial charge < -0.3 is 67.6 Å². The van der Waals surface area contributed by atoms with Gasteiger partial charge in [0.1, 0.15) is 30.0 Å². The third-order valence-corrected chi connectivity index (χ3v) is 6.55. The number of ether oxygens (including phenoxy) is 4. The third-order valence-electron chi connectivity index (χ3n) is 6.55. The number of rotatable bonds is 6. The Morgan fingerprint density at radius 2 is 1.62 bits per heavy atom. The fraction of sp³-hybridized carbons (Fsp3) is 0.950. The Hall–Kier alpha value is -1.01. The molecule has 0 radical (unpaired) electrons. The number of hydrogen-bond donors (Lipinski definition) is 9. The average Bonchev–Trinajstić information content (AvgIpc) is 2.77. The summed E-state index contributed by atoms with van der Waals surface area (Å²) in [6.45, 7) is 1.58. The van der Waals surface area contributed by atoms with E-state index < -0.39 is 60.7 Å². The SMILES string of the molecule is CN[C@@H]1[C@H](O)[C@@H](O[C@@H]2[C@H](O)[C@H](O[C@@H]3O[C@H](CN)CC[C@H]3N)[C@@H](N)C[C@H]2N)OC[C@]1(C)O.O=CO. The zero-order valence-electron chi connectivity index (χ0n) is 19.6. The molecular formula is C20H41N5O9. The van der Waals surface area contributed by atoms with Crippen LogP contribution < -0.4 is 28.3 Å². The van der Waals surface area contributed by atoms with Crippen LogP contribution in [0.15, 0.2) is 0 Å². The van der Waals surface area contributed by atoms with Crippen molar-refractivity contribution in [1.82, 2.24) is 5.32 Å². The minimum absolute atomic E-state index is 0.0665. The van der Waals surface area contributed by atoms with Crippen LogP contribution in [0.2, 0.25) is 0 Å². The Bertz CT molecular complexity index is 633. The van der Waals surface area contributed by atoms with Crippen molar-refractivity contribution in [2.24, 2.45) is 22.9 Å². The van der Waals surface area contributed by atoms with Crippen molar-refractivity contribution in [2.75, 3.05) is 20.2 Å². The van der Waals surface area contributed by atoms with Gasteiger partial charge in [0.25, 0.3) is 6.47 Å². The van der Waals surface area contributed by atoms with Gasteiger partial charge in [0, 0.05) is 18.6 Å². The molecule has 2 heterocycles. The summed E-state index contributed by atoms with van der Waals surface area (Å²) in [5.74, 6) is 0. The van der Waals surface area contributed by atoms with Crippen molar-refractivity contribution in [3.63, 3.8) is 0 Å². The number of carbonyl (C=O) groups is 1. The van der Waals surface area contributed by atoms with Crippen LogP contribution in [0.4, 0.5) is 0 Å². The minimum atomic E-state index is -1.29. The van der Waals surface area contributed by atoms with E-state index >= 15 is 0 Å². The molecule has 2 aliphatic heterocycles. The number of nitrogens with two attached hydrogens (primary N) is 4. The van der Waals surface area contributed by atoms with E-state index in [4.69, 9.17) is 51.8 Å². The van der Waals surface area contributed by atoms with E-state index in [-0.39, 0.29) is 25.2 Å². The van der Waals surface area contributed by atoms with E-state index in [0.717, 1.165) is 6.42 Å². The number of aliphatic hydroxyl groups is 3. The van der Waals surface area contributed by atoms with E-state index in [1.54, 1.807) is 14.0 Å². The monoisotopic (exact) mass is 495 g/mol. The molecule has 3 fully saturated rings. The van der Waals surface area contributed by atoms with Gasteiger partial charge in [-0.15, -0.1) is 0 Å². The summed E-state index contributed by atoms with van der Waals surface area (Å²) in [5.41, 5.74) is 23.0. The average molecular weight is 496 g/mol. The smallest absolute Gasteiger partial charge is 0.290 e. The zero-order chi connectivity index (χ0) is 25.6.